The van der Waals surface area contributed by atoms with E-state index in [1.165, 1.54) is 0 Å². The van der Waals surface area contributed by atoms with E-state index in [0.29, 0.717) is 0 Å². The Morgan fingerprint density at radius 3 is 1.57 bits per heavy atom. The second-order valence-electron chi connectivity index (χ2n) is 4.65. The Balaban J connectivity index is 1.78. The van der Waals surface area contributed by atoms with E-state index in [0.717, 1.165) is 46.6 Å². The standard InChI is InChI=1S/C18H16N2S/c19-13-17-7-3-1-5-15(17)9-11-21-12-10-16-6-2-4-8-18(16)14-20/h1-8H,9-12H2. The van der Waals surface area contributed by atoms with E-state index < -0.39 is 0 Å². The molecule has 0 amide bonds. The Morgan fingerprint density at radius 1 is 0.714 bits per heavy atom. The Bertz CT molecular complexity index is 621. The van der Waals surface area contributed by atoms with Crippen LogP contribution in [0.25, 0.3) is 0 Å². The normalized spacial score (nSPS) is 9.81. The number of hydrogen-bond donors (Lipinski definition) is 0. The van der Waals surface area contributed by atoms with Crippen molar-refractivity contribution in [2.24, 2.45) is 0 Å². The van der Waals surface area contributed by atoms with Gasteiger partial charge in [-0.15, -0.1) is 0 Å². The molecule has 0 saturated heterocycles. The van der Waals surface area contributed by atoms with Gasteiger partial charge in [0.1, 0.15) is 0 Å². The summed E-state index contributed by atoms with van der Waals surface area (Å²) in [4.78, 5) is 0. The van der Waals surface area contributed by atoms with E-state index >= 15 is 0 Å². The monoisotopic (exact) mass is 292 g/mol. The van der Waals surface area contributed by atoms with Crippen molar-refractivity contribution in [3.05, 3.63) is 70.8 Å². The summed E-state index contributed by atoms with van der Waals surface area (Å²) in [5.74, 6) is 1.99. The largest absolute Gasteiger partial charge is 0.192 e. The molecule has 0 N–H and O–H groups in total. The molecule has 0 saturated carbocycles. The summed E-state index contributed by atoms with van der Waals surface area (Å²) in [7, 11) is 0. The molecule has 21 heavy (non-hydrogen) atoms. The number of rotatable bonds is 6. The SMILES string of the molecule is N#Cc1ccccc1CCSCCc1ccccc1C#N. The summed E-state index contributed by atoms with van der Waals surface area (Å²) in [6.45, 7) is 0. The lowest BCUT2D eigenvalue weighted by atomic mass is 10.1. The number of benzene rings is 2. The fraction of sp³-hybridized carbons (Fsp3) is 0.222. The third kappa shape index (κ3) is 4.38. The number of thioether (sulfide) groups is 1. The first-order valence-corrected chi connectivity index (χ1v) is 8.04. The van der Waals surface area contributed by atoms with Crippen LogP contribution in [-0.4, -0.2) is 11.5 Å². The van der Waals surface area contributed by atoms with Gasteiger partial charge in [0.05, 0.1) is 23.3 Å². The fourth-order valence-electron chi connectivity index (χ4n) is 2.16. The molecular weight excluding hydrogens is 276 g/mol. The van der Waals surface area contributed by atoms with Crippen LogP contribution in [0, 0.1) is 22.7 Å². The zero-order chi connectivity index (χ0) is 14.9. The Kier molecular flexibility index (Phi) is 5.88. The van der Waals surface area contributed by atoms with Gasteiger partial charge in [-0.2, -0.15) is 22.3 Å². The van der Waals surface area contributed by atoms with E-state index in [4.69, 9.17) is 10.5 Å². The third-order valence-corrected chi connectivity index (χ3v) is 4.29. The minimum atomic E-state index is 0.771. The number of nitrogens with zero attached hydrogens (tertiary/aromatic N) is 2. The van der Waals surface area contributed by atoms with Crippen molar-refractivity contribution >= 4 is 11.8 Å². The first-order chi connectivity index (χ1) is 10.3. The van der Waals surface area contributed by atoms with Crippen LogP contribution in [-0.2, 0) is 12.8 Å². The number of hydrogen-bond acceptors (Lipinski definition) is 3. The predicted octanol–water partition coefficient (Wildman–Crippen LogP) is 3.95. The fourth-order valence-corrected chi connectivity index (χ4v) is 3.09. The molecule has 0 aliphatic heterocycles. The van der Waals surface area contributed by atoms with Crippen LogP contribution in [0.15, 0.2) is 48.5 Å². The first kappa shape index (κ1) is 15.2. The van der Waals surface area contributed by atoms with Gasteiger partial charge in [0.2, 0.25) is 0 Å². The van der Waals surface area contributed by atoms with Crippen LogP contribution in [0.3, 0.4) is 0 Å². The molecule has 0 atom stereocenters. The highest BCUT2D eigenvalue weighted by atomic mass is 32.2. The van der Waals surface area contributed by atoms with Crippen molar-refractivity contribution in [3.8, 4) is 12.1 Å². The van der Waals surface area contributed by atoms with Gasteiger partial charge in [-0.05, 0) is 47.6 Å². The van der Waals surface area contributed by atoms with Gasteiger partial charge < -0.3 is 0 Å². The highest BCUT2D eigenvalue weighted by Gasteiger charge is 2.02. The predicted molar refractivity (Wildman–Crippen MR) is 87.0 cm³/mol. The molecule has 0 heterocycles. The van der Waals surface area contributed by atoms with Crippen LogP contribution in [0.1, 0.15) is 22.3 Å². The minimum absolute atomic E-state index is 0.771. The smallest absolute Gasteiger partial charge is 0.0994 e. The maximum absolute atomic E-state index is 9.04. The topological polar surface area (TPSA) is 47.6 Å². The molecule has 2 aromatic carbocycles. The van der Waals surface area contributed by atoms with Gasteiger partial charge in [-0.1, -0.05) is 36.4 Å². The third-order valence-electron chi connectivity index (χ3n) is 3.31. The van der Waals surface area contributed by atoms with Gasteiger partial charge in [0.15, 0.2) is 0 Å². The molecular formula is C18H16N2S. The van der Waals surface area contributed by atoms with Crippen LogP contribution >= 0.6 is 11.8 Å². The van der Waals surface area contributed by atoms with Crippen molar-refractivity contribution in [1.82, 2.24) is 0 Å². The molecule has 0 fully saturated rings. The summed E-state index contributed by atoms with van der Waals surface area (Å²) in [6, 6.07) is 20.0. The molecule has 2 nitrogen and oxygen atoms in total. The molecule has 0 aliphatic carbocycles. The Morgan fingerprint density at radius 2 is 1.14 bits per heavy atom. The second-order valence-corrected chi connectivity index (χ2v) is 5.88. The lowest BCUT2D eigenvalue weighted by molar-refractivity contribution is 1.11. The van der Waals surface area contributed by atoms with E-state index in [1.807, 2.05) is 60.3 Å². The van der Waals surface area contributed by atoms with E-state index in [9.17, 15) is 0 Å². The van der Waals surface area contributed by atoms with Gasteiger partial charge in [-0.3, -0.25) is 0 Å². The quantitative estimate of drug-likeness (QED) is 0.757. The zero-order valence-corrected chi connectivity index (χ0v) is 12.6. The van der Waals surface area contributed by atoms with Crippen LogP contribution < -0.4 is 0 Å². The summed E-state index contributed by atoms with van der Waals surface area (Å²) < 4.78 is 0. The van der Waals surface area contributed by atoms with E-state index in [2.05, 4.69) is 12.1 Å². The van der Waals surface area contributed by atoms with Crippen LogP contribution in [0.5, 0.6) is 0 Å². The first-order valence-electron chi connectivity index (χ1n) is 6.89. The minimum Gasteiger partial charge on any atom is -0.192 e. The second kappa shape index (κ2) is 8.15. The van der Waals surface area contributed by atoms with E-state index in [-0.39, 0.29) is 0 Å². The lowest BCUT2D eigenvalue weighted by Crippen LogP contribution is -1.96. The molecule has 2 aromatic rings. The molecule has 0 radical (unpaired) electrons. The Hall–Kier alpha value is -2.23. The molecule has 0 spiro atoms. The van der Waals surface area contributed by atoms with Gasteiger partial charge in [-0.25, -0.2) is 0 Å². The molecule has 0 aliphatic rings. The van der Waals surface area contributed by atoms with Crippen LogP contribution in [0.4, 0.5) is 0 Å². The van der Waals surface area contributed by atoms with Crippen molar-refractivity contribution in [2.45, 2.75) is 12.8 Å². The maximum atomic E-state index is 9.04. The molecule has 2 rings (SSSR count). The molecule has 0 unspecified atom stereocenters. The lowest BCUT2D eigenvalue weighted by Gasteiger charge is -2.05. The molecule has 104 valence electrons. The van der Waals surface area contributed by atoms with Crippen LogP contribution in [0.2, 0.25) is 0 Å². The summed E-state index contributed by atoms with van der Waals surface area (Å²) in [5.41, 5.74) is 3.77. The molecule has 0 aromatic heterocycles. The van der Waals surface area contributed by atoms with Crippen molar-refractivity contribution in [2.75, 3.05) is 11.5 Å². The summed E-state index contributed by atoms with van der Waals surface area (Å²) >= 11 is 1.86. The van der Waals surface area contributed by atoms with Gasteiger partial charge in [0.25, 0.3) is 0 Å². The van der Waals surface area contributed by atoms with Crippen molar-refractivity contribution in [3.63, 3.8) is 0 Å². The zero-order valence-electron chi connectivity index (χ0n) is 11.7. The number of nitriles is 2. The number of aryl methyl sites for hydroxylation is 2. The summed E-state index contributed by atoms with van der Waals surface area (Å²) in [6.07, 6.45) is 1.82. The summed E-state index contributed by atoms with van der Waals surface area (Å²) in [5, 5.41) is 18.1. The molecule has 0 bridgehead atoms. The van der Waals surface area contributed by atoms with Crippen molar-refractivity contribution < 1.29 is 0 Å². The van der Waals surface area contributed by atoms with E-state index in [1.54, 1.807) is 0 Å². The highest BCUT2D eigenvalue weighted by molar-refractivity contribution is 7.99. The molecule has 3 heteroatoms. The van der Waals surface area contributed by atoms with Gasteiger partial charge >= 0.3 is 0 Å². The average molecular weight is 292 g/mol. The van der Waals surface area contributed by atoms with Crippen molar-refractivity contribution in [1.29, 1.82) is 10.5 Å². The highest BCUT2D eigenvalue weighted by Crippen LogP contribution is 2.14. The maximum Gasteiger partial charge on any atom is 0.0994 e. The Labute approximate surface area is 130 Å². The average Bonchev–Trinajstić information content (AvgIpc) is 2.55. The van der Waals surface area contributed by atoms with Gasteiger partial charge in [0, 0.05) is 0 Å².